The van der Waals surface area contributed by atoms with E-state index in [-0.39, 0.29) is 36.4 Å². The molecular formula is C16H22IN5OS. The second-order valence-corrected chi connectivity index (χ2v) is 5.87. The summed E-state index contributed by atoms with van der Waals surface area (Å²) >= 11 is 1.70. The van der Waals surface area contributed by atoms with Gasteiger partial charge in [-0.2, -0.15) is 0 Å². The third-order valence-electron chi connectivity index (χ3n) is 3.05. The number of aromatic nitrogens is 1. The minimum absolute atomic E-state index is 0. The van der Waals surface area contributed by atoms with Crippen LogP contribution in [0.2, 0.25) is 0 Å². The van der Waals surface area contributed by atoms with Crippen molar-refractivity contribution in [2.45, 2.75) is 20.4 Å². The minimum atomic E-state index is -0.178. The van der Waals surface area contributed by atoms with E-state index in [2.05, 4.69) is 44.3 Å². The molecule has 0 aromatic carbocycles. The molecule has 0 saturated heterocycles. The van der Waals surface area contributed by atoms with E-state index in [1.54, 1.807) is 35.9 Å². The molecule has 24 heavy (non-hydrogen) atoms. The highest BCUT2D eigenvalue weighted by Gasteiger charge is 2.04. The van der Waals surface area contributed by atoms with Crippen molar-refractivity contribution in [1.82, 2.24) is 15.6 Å². The fourth-order valence-electron chi connectivity index (χ4n) is 1.88. The number of aliphatic imine (C=N–C) groups is 1. The molecule has 8 heteroatoms. The summed E-state index contributed by atoms with van der Waals surface area (Å²) in [6.45, 7) is 5.55. The standard InChI is InChI=1S/C16H21N5OS.HI/c1-3-18-16(19-10-14-12(2)6-8-23-14)20-11-15(22)21-13-5-4-7-17-9-13;/h4-9H,3,10-11H2,1-2H3,(H,21,22)(H2,18,19,20);1H. The van der Waals surface area contributed by atoms with E-state index in [0.29, 0.717) is 18.2 Å². The molecule has 2 rings (SSSR count). The highest BCUT2D eigenvalue weighted by molar-refractivity contribution is 14.0. The van der Waals surface area contributed by atoms with Crippen molar-refractivity contribution in [2.24, 2.45) is 4.99 Å². The van der Waals surface area contributed by atoms with Gasteiger partial charge in [-0.25, -0.2) is 4.99 Å². The quantitative estimate of drug-likeness (QED) is 0.353. The Labute approximate surface area is 163 Å². The summed E-state index contributed by atoms with van der Waals surface area (Å²) in [6.07, 6.45) is 3.26. The molecule has 0 aliphatic heterocycles. The maximum atomic E-state index is 11.9. The first-order valence-electron chi connectivity index (χ1n) is 7.44. The Morgan fingerprint density at radius 2 is 2.17 bits per heavy atom. The molecule has 0 aliphatic rings. The molecule has 130 valence electrons. The van der Waals surface area contributed by atoms with Crippen LogP contribution >= 0.6 is 35.3 Å². The van der Waals surface area contributed by atoms with E-state index in [4.69, 9.17) is 0 Å². The lowest BCUT2D eigenvalue weighted by Gasteiger charge is -2.11. The molecule has 2 aromatic heterocycles. The molecule has 0 unspecified atom stereocenters. The highest BCUT2D eigenvalue weighted by Crippen LogP contribution is 2.14. The summed E-state index contributed by atoms with van der Waals surface area (Å²) < 4.78 is 0. The van der Waals surface area contributed by atoms with Crippen LogP contribution in [-0.4, -0.2) is 29.9 Å². The van der Waals surface area contributed by atoms with E-state index in [1.165, 1.54) is 10.4 Å². The van der Waals surface area contributed by atoms with Gasteiger partial charge in [0, 0.05) is 17.6 Å². The molecule has 1 amide bonds. The second-order valence-electron chi connectivity index (χ2n) is 4.87. The van der Waals surface area contributed by atoms with Crippen molar-refractivity contribution in [3.05, 3.63) is 46.4 Å². The first-order chi connectivity index (χ1) is 11.2. The van der Waals surface area contributed by atoms with Crippen molar-refractivity contribution >= 4 is 52.9 Å². The lowest BCUT2D eigenvalue weighted by molar-refractivity contribution is -0.114. The SMILES string of the molecule is CCNC(=NCC(=O)Nc1cccnc1)NCc1sccc1C.I. The maximum Gasteiger partial charge on any atom is 0.246 e. The Bertz CT molecular complexity index is 659. The Hall–Kier alpha value is -1.68. The van der Waals surface area contributed by atoms with Crippen LogP contribution in [0.5, 0.6) is 0 Å². The smallest absolute Gasteiger partial charge is 0.246 e. The van der Waals surface area contributed by atoms with Gasteiger partial charge < -0.3 is 16.0 Å². The van der Waals surface area contributed by atoms with Gasteiger partial charge >= 0.3 is 0 Å². The number of halogens is 1. The van der Waals surface area contributed by atoms with Gasteiger partial charge in [0.1, 0.15) is 6.54 Å². The largest absolute Gasteiger partial charge is 0.357 e. The van der Waals surface area contributed by atoms with Gasteiger partial charge in [-0.15, -0.1) is 35.3 Å². The number of thiophene rings is 1. The number of carbonyl (C=O) groups excluding carboxylic acids is 1. The lowest BCUT2D eigenvalue weighted by atomic mass is 10.3. The molecular weight excluding hydrogens is 437 g/mol. The number of hydrogen-bond acceptors (Lipinski definition) is 4. The van der Waals surface area contributed by atoms with Crippen molar-refractivity contribution in [1.29, 1.82) is 0 Å². The molecule has 0 saturated carbocycles. The number of carbonyl (C=O) groups is 1. The van der Waals surface area contributed by atoms with Gasteiger partial charge in [-0.1, -0.05) is 0 Å². The van der Waals surface area contributed by atoms with Gasteiger partial charge in [-0.05, 0) is 43.0 Å². The summed E-state index contributed by atoms with van der Waals surface area (Å²) in [7, 11) is 0. The maximum absolute atomic E-state index is 11.9. The number of guanidine groups is 1. The van der Waals surface area contributed by atoms with Crippen LogP contribution in [0.25, 0.3) is 0 Å². The fraction of sp³-hybridized carbons (Fsp3) is 0.312. The molecule has 0 radical (unpaired) electrons. The van der Waals surface area contributed by atoms with Crippen LogP contribution in [-0.2, 0) is 11.3 Å². The molecule has 0 bridgehead atoms. The molecule has 2 heterocycles. The van der Waals surface area contributed by atoms with Gasteiger partial charge in [0.25, 0.3) is 0 Å². The van der Waals surface area contributed by atoms with Crippen LogP contribution in [0, 0.1) is 6.92 Å². The highest BCUT2D eigenvalue weighted by atomic mass is 127. The number of nitrogens with one attached hydrogen (secondary N) is 3. The molecule has 0 atom stereocenters. The Kier molecular flexibility index (Phi) is 9.31. The van der Waals surface area contributed by atoms with E-state index in [0.717, 1.165) is 6.54 Å². The predicted molar refractivity (Wildman–Crippen MR) is 110 cm³/mol. The van der Waals surface area contributed by atoms with Crippen LogP contribution in [0.15, 0.2) is 41.0 Å². The zero-order valence-corrected chi connectivity index (χ0v) is 16.9. The number of anilines is 1. The number of pyridine rings is 1. The first kappa shape index (κ1) is 20.4. The Morgan fingerprint density at radius 3 is 2.79 bits per heavy atom. The Balaban J connectivity index is 0.00000288. The third-order valence-corrected chi connectivity index (χ3v) is 4.08. The van der Waals surface area contributed by atoms with Gasteiger partial charge in [0.2, 0.25) is 5.91 Å². The summed E-state index contributed by atoms with van der Waals surface area (Å²) in [5.41, 5.74) is 1.92. The van der Waals surface area contributed by atoms with Crippen LogP contribution in [0.4, 0.5) is 5.69 Å². The number of amides is 1. The molecule has 0 spiro atoms. The lowest BCUT2D eigenvalue weighted by Crippen LogP contribution is -2.37. The molecule has 6 nitrogen and oxygen atoms in total. The molecule has 0 aliphatic carbocycles. The number of nitrogens with zero attached hydrogens (tertiary/aromatic N) is 2. The first-order valence-corrected chi connectivity index (χ1v) is 8.32. The van der Waals surface area contributed by atoms with Crippen LogP contribution in [0.1, 0.15) is 17.4 Å². The minimum Gasteiger partial charge on any atom is -0.357 e. The van der Waals surface area contributed by atoms with Gasteiger partial charge in [0.05, 0.1) is 18.4 Å². The third kappa shape index (κ3) is 6.83. The number of aryl methyl sites for hydroxylation is 1. The van der Waals surface area contributed by atoms with Crippen molar-refractivity contribution in [3.8, 4) is 0 Å². The van der Waals surface area contributed by atoms with E-state index < -0.39 is 0 Å². The summed E-state index contributed by atoms with van der Waals surface area (Å²) in [5, 5.41) is 11.2. The topological polar surface area (TPSA) is 78.4 Å². The Morgan fingerprint density at radius 1 is 1.33 bits per heavy atom. The average Bonchev–Trinajstić information content (AvgIpc) is 2.96. The number of rotatable bonds is 6. The number of hydrogen-bond donors (Lipinski definition) is 3. The molecule has 0 fully saturated rings. The van der Waals surface area contributed by atoms with Gasteiger partial charge in [0.15, 0.2) is 5.96 Å². The summed E-state index contributed by atoms with van der Waals surface area (Å²) in [4.78, 5) is 21.4. The predicted octanol–water partition coefficient (Wildman–Crippen LogP) is 2.76. The monoisotopic (exact) mass is 459 g/mol. The summed E-state index contributed by atoms with van der Waals surface area (Å²) in [5.74, 6) is 0.448. The average molecular weight is 459 g/mol. The van der Waals surface area contributed by atoms with Crippen LogP contribution in [0.3, 0.4) is 0 Å². The zero-order chi connectivity index (χ0) is 16.5. The zero-order valence-electron chi connectivity index (χ0n) is 13.7. The van der Waals surface area contributed by atoms with E-state index in [1.807, 2.05) is 6.92 Å². The van der Waals surface area contributed by atoms with Crippen molar-refractivity contribution < 1.29 is 4.79 Å². The molecule has 3 N–H and O–H groups in total. The summed E-state index contributed by atoms with van der Waals surface area (Å²) in [6, 6.07) is 5.65. The van der Waals surface area contributed by atoms with E-state index >= 15 is 0 Å². The van der Waals surface area contributed by atoms with Crippen LogP contribution < -0.4 is 16.0 Å². The second kappa shape index (κ2) is 11.0. The van der Waals surface area contributed by atoms with Crippen molar-refractivity contribution in [2.75, 3.05) is 18.4 Å². The molecule has 2 aromatic rings. The van der Waals surface area contributed by atoms with Crippen molar-refractivity contribution in [3.63, 3.8) is 0 Å². The van der Waals surface area contributed by atoms with Gasteiger partial charge in [-0.3, -0.25) is 9.78 Å². The fourth-order valence-corrected chi connectivity index (χ4v) is 2.72. The van der Waals surface area contributed by atoms with E-state index in [9.17, 15) is 4.79 Å². The normalized spacial score (nSPS) is 10.7.